The summed E-state index contributed by atoms with van der Waals surface area (Å²) in [4.78, 5) is 12.9. The summed E-state index contributed by atoms with van der Waals surface area (Å²) in [5.74, 6) is -0.0973. The Morgan fingerprint density at radius 1 is 1.58 bits per heavy atom. The number of nitrogens with one attached hydrogen (secondary N) is 1. The number of nitrogens with zero attached hydrogens (tertiary/aromatic N) is 1. The van der Waals surface area contributed by atoms with Crippen LogP contribution in [0.5, 0.6) is 0 Å². The molecule has 0 aliphatic heterocycles. The van der Waals surface area contributed by atoms with Crippen molar-refractivity contribution in [3.63, 3.8) is 0 Å². The number of likely N-dealkylation sites (N-methyl/N-ethyl adjacent to an activating group) is 1. The van der Waals surface area contributed by atoms with E-state index in [4.69, 9.17) is 0 Å². The van der Waals surface area contributed by atoms with Crippen molar-refractivity contribution in [3.05, 3.63) is 12.7 Å². The van der Waals surface area contributed by atoms with E-state index in [0.29, 0.717) is 6.54 Å². The quantitative estimate of drug-likeness (QED) is 0.593. The largest absolute Gasteiger partial charge is 0.351 e. The maximum Gasteiger partial charge on any atom is 0.243 e. The summed E-state index contributed by atoms with van der Waals surface area (Å²) < 4.78 is 0. The van der Waals surface area contributed by atoms with Crippen LogP contribution in [0.4, 0.5) is 0 Å². The van der Waals surface area contributed by atoms with Crippen molar-refractivity contribution in [2.75, 3.05) is 26.7 Å². The molecule has 0 heterocycles. The van der Waals surface area contributed by atoms with E-state index < -0.39 is 0 Å². The van der Waals surface area contributed by atoms with E-state index in [0.717, 1.165) is 19.5 Å². The van der Waals surface area contributed by atoms with Crippen molar-refractivity contribution in [1.29, 1.82) is 0 Å². The Balaban J connectivity index is 3.30. The summed E-state index contributed by atoms with van der Waals surface area (Å²) in [7, 11) is 2.05. The van der Waals surface area contributed by atoms with Gasteiger partial charge in [0.2, 0.25) is 5.91 Å². The first-order chi connectivity index (χ1) is 5.70. The first-order valence-corrected chi connectivity index (χ1v) is 4.29. The van der Waals surface area contributed by atoms with E-state index in [1.54, 1.807) is 0 Å². The van der Waals surface area contributed by atoms with Crippen molar-refractivity contribution in [2.45, 2.75) is 13.3 Å². The van der Waals surface area contributed by atoms with Crippen LogP contribution >= 0.6 is 0 Å². The van der Waals surface area contributed by atoms with Gasteiger partial charge in [-0.3, -0.25) is 4.79 Å². The Labute approximate surface area is 74.4 Å². The second-order valence-electron chi connectivity index (χ2n) is 2.80. The van der Waals surface area contributed by atoms with Gasteiger partial charge in [-0.1, -0.05) is 13.5 Å². The standard InChI is InChI=1S/C9H18N2O/c1-4-7-11(3)8-6-10-9(12)5-2/h5H,2,4,6-8H2,1,3H3,(H,10,12). The molecule has 3 nitrogen and oxygen atoms in total. The molecule has 3 heteroatoms. The highest BCUT2D eigenvalue weighted by atomic mass is 16.1. The molecule has 0 aromatic heterocycles. The molecule has 0 aliphatic rings. The molecule has 0 radical (unpaired) electrons. The lowest BCUT2D eigenvalue weighted by molar-refractivity contribution is -0.116. The van der Waals surface area contributed by atoms with Gasteiger partial charge >= 0.3 is 0 Å². The minimum atomic E-state index is -0.0973. The molecule has 0 aromatic rings. The highest BCUT2D eigenvalue weighted by Gasteiger charge is 1.96. The molecule has 0 bridgehead atoms. The van der Waals surface area contributed by atoms with Gasteiger partial charge in [0.15, 0.2) is 0 Å². The SMILES string of the molecule is C=CC(=O)NCCN(C)CCC. The third-order valence-electron chi connectivity index (χ3n) is 1.58. The van der Waals surface area contributed by atoms with Gasteiger partial charge in [0, 0.05) is 13.1 Å². The van der Waals surface area contributed by atoms with Crippen molar-refractivity contribution in [3.8, 4) is 0 Å². The number of amides is 1. The zero-order valence-electron chi connectivity index (χ0n) is 7.97. The molecule has 70 valence electrons. The summed E-state index contributed by atoms with van der Waals surface area (Å²) in [6.07, 6.45) is 2.44. The third-order valence-corrected chi connectivity index (χ3v) is 1.58. The molecule has 0 saturated carbocycles. The van der Waals surface area contributed by atoms with Crippen LogP contribution in [0.15, 0.2) is 12.7 Å². The number of carbonyl (C=O) groups excluding carboxylic acids is 1. The molecule has 0 atom stereocenters. The maximum atomic E-state index is 10.7. The molecule has 0 aromatic carbocycles. The lowest BCUT2D eigenvalue weighted by Gasteiger charge is -2.14. The third kappa shape index (κ3) is 5.92. The van der Waals surface area contributed by atoms with E-state index in [1.165, 1.54) is 6.08 Å². The first kappa shape index (κ1) is 11.2. The average molecular weight is 170 g/mol. The average Bonchev–Trinajstić information content (AvgIpc) is 2.04. The fraction of sp³-hybridized carbons (Fsp3) is 0.667. The zero-order chi connectivity index (χ0) is 9.40. The van der Waals surface area contributed by atoms with Gasteiger partial charge in [0.25, 0.3) is 0 Å². The van der Waals surface area contributed by atoms with Crippen LogP contribution in [0, 0.1) is 0 Å². The van der Waals surface area contributed by atoms with Crippen LogP contribution < -0.4 is 5.32 Å². The molecule has 0 fully saturated rings. The zero-order valence-corrected chi connectivity index (χ0v) is 7.97. The van der Waals surface area contributed by atoms with Gasteiger partial charge in [-0.15, -0.1) is 0 Å². The van der Waals surface area contributed by atoms with Gasteiger partial charge in [0.05, 0.1) is 0 Å². The normalized spacial score (nSPS) is 9.92. The molecule has 0 aliphatic carbocycles. The molecule has 0 saturated heterocycles. The number of rotatable bonds is 6. The lowest BCUT2D eigenvalue weighted by Crippen LogP contribution is -2.32. The number of hydrogen-bond acceptors (Lipinski definition) is 2. The summed E-state index contributed by atoms with van der Waals surface area (Å²) in [6.45, 7) is 8.17. The Bertz CT molecular complexity index is 145. The van der Waals surface area contributed by atoms with Crippen LogP contribution in [0.25, 0.3) is 0 Å². The summed E-state index contributed by atoms with van der Waals surface area (Å²) in [5, 5.41) is 2.72. The minimum Gasteiger partial charge on any atom is -0.351 e. The molecule has 0 spiro atoms. The van der Waals surface area contributed by atoms with Gasteiger partial charge < -0.3 is 10.2 Å². The van der Waals surface area contributed by atoms with Gasteiger partial charge in [-0.2, -0.15) is 0 Å². The molecule has 1 N–H and O–H groups in total. The number of carbonyl (C=O) groups is 1. The van der Waals surface area contributed by atoms with Crippen molar-refractivity contribution >= 4 is 5.91 Å². The molecular formula is C9H18N2O. The molecule has 12 heavy (non-hydrogen) atoms. The Hall–Kier alpha value is -0.830. The summed E-state index contributed by atoms with van der Waals surface area (Å²) in [6, 6.07) is 0. The van der Waals surface area contributed by atoms with Crippen LogP contribution in [-0.4, -0.2) is 37.5 Å². The van der Waals surface area contributed by atoms with Crippen LogP contribution in [0.1, 0.15) is 13.3 Å². The monoisotopic (exact) mass is 170 g/mol. The highest BCUT2D eigenvalue weighted by Crippen LogP contribution is 1.83. The highest BCUT2D eigenvalue weighted by molar-refractivity contribution is 5.86. The van der Waals surface area contributed by atoms with Crippen LogP contribution in [-0.2, 0) is 4.79 Å². The topological polar surface area (TPSA) is 32.3 Å². The van der Waals surface area contributed by atoms with Gasteiger partial charge in [-0.25, -0.2) is 0 Å². The fourth-order valence-electron chi connectivity index (χ4n) is 0.936. The van der Waals surface area contributed by atoms with Crippen molar-refractivity contribution in [1.82, 2.24) is 10.2 Å². The van der Waals surface area contributed by atoms with Crippen molar-refractivity contribution < 1.29 is 4.79 Å². The molecule has 0 rings (SSSR count). The van der Waals surface area contributed by atoms with E-state index in [9.17, 15) is 4.79 Å². The van der Waals surface area contributed by atoms with E-state index in [2.05, 4.69) is 23.7 Å². The fourth-order valence-corrected chi connectivity index (χ4v) is 0.936. The molecule has 1 amide bonds. The summed E-state index contributed by atoms with van der Waals surface area (Å²) >= 11 is 0. The number of hydrogen-bond donors (Lipinski definition) is 1. The Morgan fingerprint density at radius 3 is 2.75 bits per heavy atom. The van der Waals surface area contributed by atoms with Gasteiger partial charge in [0.1, 0.15) is 0 Å². The second kappa shape index (κ2) is 6.85. The maximum absolute atomic E-state index is 10.7. The Morgan fingerprint density at radius 2 is 2.25 bits per heavy atom. The van der Waals surface area contributed by atoms with Crippen molar-refractivity contribution in [2.24, 2.45) is 0 Å². The van der Waals surface area contributed by atoms with Gasteiger partial charge in [-0.05, 0) is 26.1 Å². The van der Waals surface area contributed by atoms with Crippen LogP contribution in [0.3, 0.4) is 0 Å². The van der Waals surface area contributed by atoms with E-state index in [-0.39, 0.29) is 5.91 Å². The van der Waals surface area contributed by atoms with E-state index in [1.807, 2.05) is 7.05 Å². The smallest absolute Gasteiger partial charge is 0.243 e. The Kier molecular flexibility index (Phi) is 6.38. The summed E-state index contributed by atoms with van der Waals surface area (Å²) in [5.41, 5.74) is 0. The lowest BCUT2D eigenvalue weighted by atomic mass is 10.4. The first-order valence-electron chi connectivity index (χ1n) is 4.29. The molecule has 0 unspecified atom stereocenters. The predicted octanol–water partition coefficient (Wildman–Crippen LogP) is 0.630. The predicted molar refractivity (Wildman–Crippen MR) is 51.0 cm³/mol. The van der Waals surface area contributed by atoms with Crippen LogP contribution in [0.2, 0.25) is 0 Å². The molecular weight excluding hydrogens is 152 g/mol. The van der Waals surface area contributed by atoms with E-state index >= 15 is 0 Å². The second-order valence-corrected chi connectivity index (χ2v) is 2.80. The minimum absolute atomic E-state index is 0.0973.